The van der Waals surface area contributed by atoms with Crippen molar-refractivity contribution in [2.45, 2.75) is 27.3 Å². The van der Waals surface area contributed by atoms with Gasteiger partial charge in [0, 0.05) is 38.4 Å². The Bertz CT molecular complexity index is 1020. The highest BCUT2D eigenvalue weighted by Crippen LogP contribution is 2.27. The number of hydrogen-bond donors (Lipinski definition) is 0. The molecule has 0 amide bonds. The standard InChI is InChI=1S/C23H25F2N3O/c1-15-4-5-16(2)22(12-15)28-10-8-27(9-11-28)14-21-17(3)29-23(26-21)19-13-18(24)6-7-20(19)25/h4-7,12-13H,8-11,14H2,1-3H3. The highest BCUT2D eigenvalue weighted by Gasteiger charge is 2.22. The number of piperazine rings is 1. The first-order chi connectivity index (χ1) is 13.9. The van der Waals surface area contributed by atoms with Crippen LogP contribution in [-0.4, -0.2) is 36.1 Å². The molecule has 1 aromatic heterocycles. The fourth-order valence-electron chi connectivity index (χ4n) is 3.77. The lowest BCUT2D eigenvalue weighted by atomic mass is 10.1. The molecule has 152 valence electrons. The van der Waals surface area contributed by atoms with Crippen molar-refractivity contribution < 1.29 is 13.2 Å². The van der Waals surface area contributed by atoms with E-state index in [0.29, 0.717) is 12.3 Å². The third-order valence-corrected chi connectivity index (χ3v) is 5.50. The van der Waals surface area contributed by atoms with Crippen LogP contribution in [0, 0.1) is 32.4 Å². The predicted molar refractivity (Wildman–Crippen MR) is 110 cm³/mol. The fraction of sp³-hybridized carbons (Fsp3) is 0.348. The molecular formula is C23H25F2N3O. The molecule has 0 atom stereocenters. The Balaban J connectivity index is 1.44. The molecule has 1 aliphatic rings. The van der Waals surface area contributed by atoms with Crippen LogP contribution in [0.5, 0.6) is 0 Å². The smallest absolute Gasteiger partial charge is 0.229 e. The van der Waals surface area contributed by atoms with Crippen molar-refractivity contribution in [2.75, 3.05) is 31.1 Å². The lowest BCUT2D eigenvalue weighted by Crippen LogP contribution is -2.46. The van der Waals surface area contributed by atoms with Gasteiger partial charge in [-0.1, -0.05) is 12.1 Å². The summed E-state index contributed by atoms with van der Waals surface area (Å²) in [4.78, 5) is 9.19. The van der Waals surface area contributed by atoms with Gasteiger partial charge in [-0.2, -0.15) is 0 Å². The lowest BCUT2D eigenvalue weighted by molar-refractivity contribution is 0.246. The molecule has 1 fully saturated rings. The van der Waals surface area contributed by atoms with Crippen LogP contribution in [0.4, 0.5) is 14.5 Å². The number of aromatic nitrogens is 1. The van der Waals surface area contributed by atoms with Crippen molar-refractivity contribution in [1.82, 2.24) is 9.88 Å². The Morgan fingerprint density at radius 1 is 0.966 bits per heavy atom. The molecule has 1 saturated heterocycles. The maximum Gasteiger partial charge on any atom is 0.229 e. The molecule has 3 aromatic rings. The molecule has 0 saturated carbocycles. The van der Waals surface area contributed by atoms with Gasteiger partial charge in [0.25, 0.3) is 0 Å². The lowest BCUT2D eigenvalue weighted by Gasteiger charge is -2.36. The molecule has 29 heavy (non-hydrogen) atoms. The number of oxazole rings is 1. The number of hydrogen-bond acceptors (Lipinski definition) is 4. The van der Waals surface area contributed by atoms with Gasteiger partial charge < -0.3 is 9.32 Å². The SMILES string of the molecule is Cc1ccc(C)c(N2CCN(Cc3nc(-c4cc(F)ccc4F)oc3C)CC2)c1. The summed E-state index contributed by atoms with van der Waals surface area (Å²) in [5, 5.41) is 0. The van der Waals surface area contributed by atoms with Gasteiger partial charge in [-0.15, -0.1) is 0 Å². The molecule has 0 aliphatic carbocycles. The van der Waals surface area contributed by atoms with Crippen molar-refractivity contribution in [1.29, 1.82) is 0 Å². The van der Waals surface area contributed by atoms with Crippen LogP contribution in [0.2, 0.25) is 0 Å². The van der Waals surface area contributed by atoms with Crippen LogP contribution in [0.1, 0.15) is 22.6 Å². The van der Waals surface area contributed by atoms with Crippen molar-refractivity contribution in [2.24, 2.45) is 0 Å². The van der Waals surface area contributed by atoms with Crippen molar-refractivity contribution in [3.8, 4) is 11.5 Å². The molecule has 0 bridgehead atoms. The number of aryl methyl sites for hydroxylation is 3. The quantitative estimate of drug-likeness (QED) is 0.629. The Morgan fingerprint density at radius 3 is 2.48 bits per heavy atom. The minimum Gasteiger partial charge on any atom is -0.441 e. The van der Waals surface area contributed by atoms with E-state index in [2.05, 4.69) is 46.8 Å². The van der Waals surface area contributed by atoms with Crippen LogP contribution in [0.3, 0.4) is 0 Å². The molecule has 0 N–H and O–H groups in total. The van der Waals surface area contributed by atoms with Crippen molar-refractivity contribution in [3.05, 3.63) is 70.6 Å². The highest BCUT2D eigenvalue weighted by atomic mass is 19.1. The van der Waals surface area contributed by atoms with E-state index in [0.717, 1.165) is 50.1 Å². The molecule has 1 aliphatic heterocycles. The first-order valence-corrected chi connectivity index (χ1v) is 9.87. The van der Waals surface area contributed by atoms with E-state index < -0.39 is 11.6 Å². The molecule has 4 rings (SSSR count). The average molecular weight is 397 g/mol. The zero-order chi connectivity index (χ0) is 20.5. The topological polar surface area (TPSA) is 32.5 Å². The van der Waals surface area contributed by atoms with Gasteiger partial charge >= 0.3 is 0 Å². The molecule has 2 heterocycles. The summed E-state index contributed by atoms with van der Waals surface area (Å²) in [5.41, 5.74) is 4.68. The van der Waals surface area contributed by atoms with Gasteiger partial charge in [-0.25, -0.2) is 13.8 Å². The van der Waals surface area contributed by atoms with Crippen LogP contribution >= 0.6 is 0 Å². The molecule has 0 unspecified atom stereocenters. The third kappa shape index (κ3) is 4.17. The first-order valence-electron chi connectivity index (χ1n) is 9.87. The summed E-state index contributed by atoms with van der Waals surface area (Å²) in [6, 6.07) is 9.85. The van der Waals surface area contributed by atoms with Crippen LogP contribution in [0.25, 0.3) is 11.5 Å². The van der Waals surface area contributed by atoms with E-state index in [1.54, 1.807) is 0 Å². The summed E-state index contributed by atoms with van der Waals surface area (Å²) in [6.07, 6.45) is 0. The predicted octanol–water partition coefficient (Wildman–Crippen LogP) is 4.87. The maximum atomic E-state index is 14.0. The van der Waals surface area contributed by atoms with Gasteiger partial charge in [0.15, 0.2) is 0 Å². The third-order valence-electron chi connectivity index (χ3n) is 5.50. The van der Waals surface area contributed by atoms with Crippen molar-refractivity contribution in [3.63, 3.8) is 0 Å². The minimum atomic E-state index is -0.540. The van der Waals surface area contributed by atoms with E-state index in [9.17, 15) is 8.78 Å². The first kappa shape index (κ1) is 19.6. The summed E-state index contributed by atoms with van der Waals surface area (Å²) >= 11 is 0. The number of benzene rings is 2. The minimum absolute atomic E-state index is 0.0547. The molecule has 6 heteroatoms. The zero-order valence-electron chi connectivity index (χ0n) is 17.0. The summed E-state index contributed by atoms with van der Waals surface area (Å²) in [6.45, 7) is 10.4. The van der Waals surface area contributed by atoms with E-state index >= 15 is 0 Å². The molecule has 0 radical (unpaired) electrons. The molecule has 2 aromatic carbocycles. The maximum absolute atomic E-state index is 14.0. The van der Waals surface area contributed by atoms with Gasteiger partial charge in [0.2, 0.25) is 5.89 Å². The van der Waals surface area contributed by atoms with Gasteiger partial charge in [-0.3, -0.25) is 4.90 Å². The Labute approximate surface area is 169 Å². The summed E-state index contributed by atoms with van der Waals surface area (Å²) in [7, 11) is 0. The Kier molecular flexibility index (Phi) is 5.37. The number of halogens is 2. The second-order valence-corrected chi connectivity index (χ2v) is 7.70. The molecule has 4 nitrogen and oxygen atoms in total. The second kappa shape index (κ2) is 7.95. The van der Waals surface area contributed by atoms with Gasteiger partial charge in [-0.05, 0) is 56.2 Å². The van der Waals surface area contributed by atoms with E-state index in [-0.39, 0.29) is 11.5 Å². The highest BCUT2D eigenvalue weighted by molar-refractivity contribution is 5.56. The van der Waals surface area contributed by atoms with E-state index in [1.807, 2.05) is 6.92 Å². The van der Waals surface area contributed by atoms with Gasteiger partial charge in [0.05, 0.1) is 11.3 Å². The number of anilines is 1. The number of nitrogens with zero attached hydrogens (tertiary/aromatic N) is 3. The number of rotatable bonds is 4. The zero-order valence-corrected chi connectivity index (χ0v) is 17.0. The Hall–Kier alpha value is -2.73. The monoisotopic (exact) mass is 397 g/mol. The van der Waals surface area contributed by atoms with Crippen LogP contribution < -0.4 is 4.90 Å². The van der Waals surface area contributed by atoms with E-state index in [1.165, 1.54) is 16.8 Å². The van der Waals surface area contributed by atoms with E-state index in [4.69, 9.17) is 4.42 Å². The van der Waals surface area contributed by atoms with Gasteiger partial charge in [0.1, 0.15) is 17.4 Å². The second-order valence-electron chi connectivity index (χ2n) is 7.70. The van der Waals surface area contributed by atoms with Crippen LogP contribution in [-0.2, 0) is 6.54 Å². The fourth-order valence-corrected chi connectivity index (χ4v) is 3.77. The summed E-state index contributed by atoms with van der Waals surface area (Å²) < 4.78 is 33.2. The normalized spacial score (nSPS) is 15.1. The largest absolute Gasteiger partial charge is 0.441 e. The molecular weight excluding hydrogens is 372 g/mol. The van der Waals surface area contributed by atoms with Crippen molar-refractivity contribution >= 4 is 5.69 Å². The molecule has 0 spiro atoms. The Morgan fingerprint density at radius 2 is 1.72 bits per heavy atom. The average Bonchev–Trinajstić information content (AvgIpc) is 3.06. The van der Waals surface area contributed by atoms with Crippen LogP contribution in [0.15, 0.2) is 40.8 Å². The summed E-state index contributed by atoms with van der Waals surface area (Å²) in [5.74, 6) is -0.285.